The Morgan fingerprint density at radius 2 is 2.21 bits per heavy atom. The number of likely N-dealkylation sites (N-methyl/N-ethyl adjacent to an activating group) is 1. The summed E-state index contributed by atoms with van der Waals surface area (Å²) in [5, 5.41) is 9.00. The zero-order valence-electron chi connectivity index (χ0n) is 9.79. The second-order valence-corrected chi connectivity index (χ2v) is 5.01. The van der Waals surface area contributed by atoms with E-state index in [1.807, 2.05) is 14.0 Å². The van der Waals surface area contributed by atoms with E-state index >= 15 is 0 Å². The zero-order valence-corrected chi connectivity index (χ0v) is 9.79. The first kappa shape index (κ1) is 12.0. The minimum atomic E-state index is 0.0496. The van der Waals surface area contributed by atoms with Crippen LogP contribution >= 0.6 is 0 Å². The summed E-state index contributed by atoms with van der Waals surface area (Å²) in [6.45, 7) is 7.45. The Hall–Kier alpha value is -0.120. The van der Waals surface area contributed by atoms with Crippen molar-refractivity contribution in [3.8, 4) is 0 Å². The molecular formula is C11H23NO2. The van der Waals surface area contributed by atoms with E-state index in [-0.39, 0.29) is 18.2 Å². The van der Waals surface area contributed by atoms with E-state index in [9.17, 15) is 0 Å². The highest BCUT2D eigenvalue weighted by Crippen LogP contribution is 2.29. The molecule has 1 fully saturated rings. The second-order valence-electron chi connectivity index (χ2n) is 5.01. The summed E-state index contributed by atoms with van der Waals surface area (Å²) in [6, 6.07) is 0.224. The minimum Gasteiger partial charge on any atom is -0.395 e. The molecule has 1 aliphatic rings. The fourth-order valence-corrected chi connectivity index (χ4v) is 1.85. The maximum atomic E-state index is 9.00. The van der Waals surface area contributed by atoms with Crippen LogP contribution in [0.2, 0.25) is 0 Å². The van der Waals surface area contributed by atoms with Gasteiger partial charge in [-0.05, 0) is 40.7 Å². The number of aliphatic hydroxyl groups is 1. The van der Waals surface area contributed by atoms with Crippen molar-refractivity contribution in [3.63, 3.8) is 0 Å². The standard InChI is InChI=1S/C11H23NO2/c1-9(8-13)12(4)7-10-5-6-11(2,3)14-10/h9-10,13H,5-8H2,1-4H3. The number of hydrogen-bond acceptors (Lipinski definition) is 3. The van der Waals surface area contributed by atoms with Crippen LogP contribution in [0.25, 0.3) is 0 Å². The molecule has 0 amide bonds. The number of nitrogens with zero attached hydrogens (tertiary/aromatic N) is 1. The average molecular weight is 201 g/mol. The van der Waals surface area contributed by atoms with Crippen molar-refractivity contribution >= 4 is 0 Å². The van der Waals surface area contributed by atoms with Gasteiger partial charge in [0.25, 0.3) is 0 Å². The lowest BCUT2D eigenvalue weighted by molar-refractivity contribution is -0.0316. The predicted molar refractivity (Wildman–Crippen MR) is 57.4 cm³/mol. The predicted octanol–water partition coefficient (Wildman–Crippen LogP) is 1.26. The Kier molecular flexibility index (Phi) is 3.93. The summed E-state index contributed by atoms with van der Waals surface area (Å²) >= 11 is 0. The monoisotopic (exact) mass is 201 g/mol. The Morgan fingerprint density at radius 3 is 2.64 bits per heavy atom. The molecule has 1 aliphatic heterocycles. The van der Waals surface area contributed by atoms with Crippen molar-refractivity contribution in [2.45, 2.75) is 51.4 Å². The van der Waals surface area contributed by atoms with E-state index in [1.54, 1.807) is 0 Å². The van der Waals surface area contributed by atoms with Crippen LogP contribution in [0.15, 0.2) is 0 Å². The van der Waals surface area contributed by atoms with Gasteiger partial charge in [-0.15, -0.1) is 0 Å². The van der Waals surface area contributed by atoms with Gasteiger partial charge in [-0.2, -0.15) is 0 Å². The molecule has 0 aromatic rings. The van der Waals surface area contributed by atoms with Crippen molar-refractivity contribution < 1.29 is 9.84 Å². The zero-order chi connectivity index (χ0) is 10.8. The molecule has 0 spiro atoms. The van der Waals surface area contributed by atoms with Crippen LogP contribution in [0.5, 0.6) is 0 Å². The molecule has 2 atom stereocenters. The van der Waals surface area contributed by atoms with Crippen LogP contribution in [0, 0.1) is 0 Å². The van der Waals surface area contributed by atoms with E-state index in [0.717, 1.165) is 19.4 Å². The molecule has 84 valence electrons. The third kappa shape index (κ3) is 3.23. The molecule has 0 saturated carbocycles. The van der Waals surface area contributed by atoms with Gasteiger partial charge < -0.3 is 9.84 Å². The molecule has 0 aliphatic carbocycles. The lowest BCUT2D eigenvalue weighted by atomic mass is 10.1. The third-order valence-electron chi connectivity index (χ3n) is 3.06. The van der Waals surface area contributed by atoms with Gasteiger partial charge in [-0.25, -0.2) is 0 Å². The van der Waals surface area contributed by atoms with Crippen molar-refractivity contribution in [3.05, 3.63) is 0 Å². The number of rotatable bonds is 4. The van der Waals surface area contributed by atoms with Gasteiger partial charge in [-0.1, -0.05) is 0 Å². The normalized spacial score (nSPS) is 28.3. The second kappa shape index (κ2) is 4.60. The van der Waals surface area contributed by atoms with Crippen molar-refractivity contribution in [1.82, 2.24) is 4.90 Å². The fourth-order valence-electron chi connectivity index (χ4n) is 1.85. The van der Waals surface area contributed by atoms with Gasteiger partial charge in [0.05, 0.1) is 18.3 Å². The van der Waals surface area contributed by atoms with Gasteiger partial charge in [0.1, 0.15) is 0 Å². The van der Waals surface area contributed by atoms with Crippen molar-refractivity contribution in [2.24, 2.45) is 0 Å². The molecule has 1 saturated heterocycles. The van der Waals surface area contributed by atoms with E-state index in [1.165, 1.54) is 0 Å². The maximum Gasteiger partial charge on any atom is 0.0710 e. The summed E-state index contributed by atoms with van der Waals surface area (Å²) in [5.41, 5.74) is 0.0496. The van der Waals surface area contributed by atoms with E-state index in [4.69, 9.17) is 9.84 Å². The molecule has 1 N–H and O–H groups in total. The molecule has 14 heavy (non-hydrogen) atoms. The van der Waals surface area contributed by atoms with Gasteiger partial charge in [0.2, 0.25) is 0 Å². The molecule has 3 nitrogen and oxygen atoms in total. The van der Waals surface area contributed by atoms with E-state index in [2.05, 4.69) is 18.7 Å². The lowest BCUT2D eigenvalue weighted by Crippen LogP contribution is -2.38. The van der Waals surface area contributed by atoms with Gasteiger partial charge in [-0.3, -0.25) is 4.90 Å². The van der Waals surface area contributed by atoms with Crippen LogP contribution in [0.1, 0.15) is 33.6 Å². The Bertz CT molecular complexity index is 182. The summed E-state index contributed by atoms with van der Waals surface area (Å²) in [7, 11) is 2.04. The SMILES string of the molecule is CC(CO)N(C)CC1CCC(C)(C)O1. The molecule has 0 aromatic carbocycles. The topological polar surface area (TPSA) is 32.7 Å². The van der Waals surface area contributed by atoms with E-state index < -0.39 is 0 Å². The molecule has 0 radical (unpaired) electrons. The van der Waals surface area contributed by atoms with Crippen molar-refractivity contribution in [2.75, 3.05) is 20.2 Å². The first-order valence-corrected chi connectivity index (χ1v) is 5.43. The third-order valence-corrected chi connectivity index (χ3v) is 3.06. The van der Waals surface area contributed by atoms with Crippen LogP contribution < -0.4 is 0 Å². The van der Waals surface area contributed by atoms with Crippen molar-refractivity contribution in [1.29, 1.82) is 0 Å². The number of hydrogen-bond donors (Lipinski definition) is 1. The molecule has 0 bridgehead atoms. The quantitative estimate of drug-likeness (QED) is 0.743. The van der Waals surface area contributed by atoms with E-state index in [0.29, 0.717) is 6.10 Å². The molecule has 1 heterocycles. The van der Waals surface area contributed by atoms with Gasteiger partial charge >= 0.3 is 0 Å². The molecule has 1 rings (SSSR count). The Balaban J connectivity index is 2.32. The smallest absolute Gasteiger partial charge is 0.0710 e. The highest BCUT2D eigenvalue weighted by molar-refractivity contribution is 4.82. The van der Waals surface area contributed by atoms with Crippen LogP contribution in [0.4, 0.5) is 0 Å². The summed E-state index contributed by atoms with van der Waals surface area (Å²) in [4.78, 5) is 2.16. The summed E-state index contributed by atoms with van der Waals surface area (Å²) in [6.07, 6.45) is 2.61. The average Bonchev–Trinajstić information content (AvgIpc) is 2.44. The molecule has 0 aromatic heterocycles. The highest BCUT2D eigenvalue weighted by atomic mass is 16.5. The largest absolute Gasteiger partial charge is 0.395 e. The van der Waals surface area contributed by atoms with Gasteiger partial charge in [0.15, 0.2) is 0 Å². The first-order valence-electron chi connectivity index (χ1n) is 5.43. The maximum absolute atomic E-state index is 9.00. The highest BCUT2D eigenvalue weighted by Gasteiger charge is 2.32. The molecular weight excluding hydrogens is 178 g/mol. The first-order chi connectivity index (χ1) is 6.44. The van der Waals surface area contributed by atoms with Crippen LogP contribution in [-0.4, -0.2) is 48.0 Å². The lowest BCUT2D eigenvalue weighted by Gasteiger charge is -2.27. The van der Waals surface area contributed by atoms with Crippen LogP contribution in [-0.2, 0) is 4.74 Å². The number of ether oxygens (including phenoxy) is 1. The molecule has 2 unspecified atom stereocenters. The molecule has 3 heteroatoms. The minimum absolute atomic E-state index is 0.0496. The van der Waals surface area contributed by atoms with Gasteiger partial charge in [0, 0.05) is 12.6 Å². The fraction of sp³-hybridized carbons (Fsp3) is 1.00. The Labute approximate surface area is 87.1 Å². The number of aliphatic hydroxyl groups excluding tert-OH is 1. The summed E-state index contributed by atoms with van der Waals surface area (Å²) < 4.78 is 5.89. The van der Waals surface area contributed by atoms with Crippen LogP contribution in [0.3, 0.4) is 0 Å². The Morgan fingerprint density at radius 1 is 1.57 bits per heavy atom. The summed E-state index contributed by atoms with van der Waals surface area (Å²) in [5.74, 6) is 0.